The van der Waals surface area contributed by atoms with Crippen LogP contribution in [0.3, 0.4) is 0 Å². The fourth-order valence-electron chi connectivity index (χ4n) is 3.59. The van der Waals surface area contributed by atoms with Crippen LogP contribution in [0.2, 0.25) is 5.02 Å². The Bertz CT molecular complexity index is 1530. The molecule has 0 bridgehead atoms. The summed E-state index contributed by atoms with van der Waals surface area (Å²) >= 11 is 6.08. The van der Waals surface area contributed by atoms with Crippen LogP contribution in [0, 0.1) is 0 Å². The van der Waals surface area contributed by atoms with E-state index in [4.69, 9.17) is 11.6 Å². The summed E-state index contributed by atoms with van der Waals surface area (Å²) < 4.78 is 40.5. The quantitative estimate of drug-likeness (QED) is 0.310. The number of hydrogen-bond acceptors (Lipinski definition) is 3. The van der Waals surface area contributed by atoms with Gasteiger partial charge in [0.15, 0.2) is 0 Å². The van der Waals surface area contributed by atoms with Gasteiger partial charge in [0.1, 0.15) is 11.6 Å². The zero-order valence-electron chi connectivity index (χ0n) is 16.7. The Labute approximate surface area is 190 Å². The normalized spacial score (nSPS) is 11.8. The molecular weight excluding hydrogens is 453 g/mol. The largest absolute Gasteiger partial charge is 0.417 e. The molecule has 164 valence electrons. The molecular formula is C24H14ClF3N4O. The molecule has 0 aliphatic rings. The number of para-hydroxylation sites is 1. The predicted octanol–water partition coefficient (Wildman–Crippen LogP) is 6.70. The van der Waals surface area contributed by atoms with E-state index in [2.05, 4.69) is 20.3 Å². The van der Waals surface area contributed by atoms with Crippen LogP contribution in [-0.2, 0) is 6.18 Å². The lowest BCUT2D eigenvalue weighted by molar-refractivity contribution is -0.137. The number of aromatic amines is 1. The smallest absolute Gasteiger partial charge is 0.338 e. The van der Waals surface area contributed by atoms with Gasteiger partial charge in [0, 0.05) is 16.5 Å². The molecule has 0 saturated carbocycles. The number of fused-ring (bicyclic) bond motifs is 2. The lowest BCUT2D eigenvalue weighted by atomic mass is 10.1. The van der Waals surface area contributed by atoms with Crippen LogP contribution in [0.1, 0.15) is 15.9 Å². The number of rotatable bonds is 3. The van der Waals surface area contributed by atoms with Crippen LogP contribution in [0.25, 0.3) is 33.3 Å². The molecule has 2 N–H and O–H groups in total. The molecule has 3 aromatic carbocycles. The molecule has 0 aliphatic heterocycles. The summed E-state index contributed by atoms with van der Waals surface area (Å²) in [7, 11) is 0. The van der Waals surface area contributed by atoms with E-state index in [9.17, 15) is 18.0 Å². The van der Waals surface area contributed by atoms with Gasteiger partial charge in [0.05, 0.1) is 27.1 Å². The highest BCUT2D eigenvalue weighted by Gasteiger charge is 2.35. The number of imidazole rings is 1. The molecule has 2 heterocycles. The third-order valence-electron chi connectivity index (χ3n) is 5.14. The van der Waals surface area contributed by atoms with Crippen molar-refractivity contribution in [3.05, 3.63) is 88.9 Å². The van der Waals surface area contributed by atoms with Crippen molar-refractivity contribution in [2.75, 3.05) is 5.32 Å². The third-order valence-corrected chi connectivity index (χ3v) is 5.45. The van der Waals surface area contributed by atoms with E-state index >= 15 is 0 Å². The monoisotopic (exact) mass is 466 g/mol. The number of nitrogens with zero attached hydrogens (tertiary/aromatic N) is 2. The van der Waals surface area contributed by atoms with Gasteiger partial charge >= 0.3 is 6.18 Å². The first-order chi connectivity index (χ1) is 15.8. The second-order valence-electron chi connectivity index (χ2n) is 7.32. The number of anilines is 1. The number of nitrogens with one attached hydrogen (secondary N) is 2. The van der Waals surface area contributed by atoms with Crippen molar-refractivity contribution < 1.29 is 18.0 Å². The molecule has 0 fully saturated rings. The molecule has 5 nitrogen and oxygen atoms in total. The van der Waals surface area contributed by atoms with Gasteiger partial charge in [-0.15, -0.1) is 0 Å². The minimum absolute atomic E-state index is 0.0309. The van der Waals surface area contributed by atoms with Crippen LogP contribution >= 0.6 is 11.6 Å². The summed E-state index contributed by atoms with van der Waals surface area (Å²) in [5.41, 5.74) is 0.700. The number of aromatic nitrogens is 3. The topological polar surface area (TPSA) is 70.7 Å². The fourth-order valence-corrected chi connectivity index (χ4v) is 3.86. The minimum Gasteiger partial charge on any atom is -0.338 e. The van der Waals surface area contributed by atoms with Crippen molar-refractivity contribution in [3.63, 3.8) is 0 Å². The number of benzene rings is 3. The van der Waals surface area contributed by atoms with E-state index in [1.165, 1.54) is 18.2 Å². The van der Waals surface area contributed by atoms with Gasteiger partial charge in [-0.2, -0.15) is 13.2 Å². The number of halogens is 4. The Hall–Kier alpha value is -3.91. The van der Waals surface area contributed by atoms with E-state index in [1.807, 2.05) is 30.3 Å². The van der Waals surface area contributed by atoms with E-state index in [0.717, 1.165) is 17.0 Å². The Morgan fingerprint density at radius 3 is 2.55 bits per heavy atom. The summed E-state index contributed by atoms with van der Waals surface area (Å²) in [5.74, 6) is -0.0591. The maximum absolute atomic E-state index is 13.5. The van der Waals surface area contributed by atoms with Crippen LogP contribution < -0.4 is 5.32 Å². The lowest BCUT2D eigenvalue weighted by Crippen LogP contribution is -2.12. The molecule has 33 heavy (non-hydrogen) atoms. The van der Waals surface area contributed by atoms with Gasteiger partial charge in [-0.25, -0.2) is 9.97 Å². The summed E-state index contributed by atoms with van der Waals surface area (Å²) in [5, 5.41) is 3.60. The zero-order valence-corrected chi connectivity index (χ0v) is 17.5. The first-order valence-electron chi connectivity index (χ1n) is 9.82. The van der Waals surface area contributed by atoms with Gasteiger partial charge in [-0.1, -0.05) is 35.9 Å². The number of pyridine rings is 1. The Morgan fingerprint density at radius 1 is 0.909 bits per heavy atom. The lowest BCUT2D eigenvalue weighted by Gasteiger charge is -2.12. The minimum atomic E-state index is -4.60. The molecule has 5 aromatic rings. The van der Waals surface area contributed by atoms with E-state index in [1.54, 1.807) is 18.2 Å². The van der Waals surface area contributed by atoms with Gasteiger partial charge in [-0.3, -0.25) is 4.79 Å². The molecule has 1 amide bonds. The van der Waals surface area contributed by atoms with E-state index in [0.29, 0.717) is 22.4 Å². The van der Waals surface area contributed by atoms with Crippen molar-refractivity contribution in [1.29, 1.82) is 0 Å². The molecule has 0 spiro atoms. The average molecular weight is 467 g/mol. The molecule has 5 rings (SSSR count). The number of carbonyl (C=O) groups excluding carboxylic acids is 1. The number of carbonyl (C=O) groups is 1. The number of amides is 1. The maximum atomic E-state index is 13.5. The second kappa shape index (κ2) is 7.90. The van der Waals surface area contributed by atoms with Crippen LogP contribution in [0.4, 0.5) is 19.0 Å². The van der Waals surface area contributed by atoms with Crippen molar-refractivity contribution in [2.45, 2.75) is 6.18 Å². The van der Waals surface area contributed by atoms with Crippen LogP contribution in [-0.4, -0.2) is 20.9 Å². The first kappa shape index (κ1) is 21.0. The molecule has 0 aliphatic carbocycles. The standard InChI is InChI=1S/C24H14ClF3N4O/c25-16-6-3-5-15(24(26,27)28)21(16)22-30-18-10-8-14(12-19(18)31-22)23(33)32-20-11-9-13-4-1-2-7-17(13)29-20/h1-12H,(H,30,31)(H,29,32,33). The average Bonchev–Trinajstić information content (AvgIpc) is 3.21. The SMILES string of the molecule is O=C(Nc1ccc2ccccc2n1)c1ccc2nc(-c3c(Cl)cccc3C(F)(F)F)[nH]c2c1. The predicted molar refractivity (Wildman–Crippen MR) is 121 cm³/mol. The summed E-state index contributed by atoms with van der Waals surface area (Å²) in [6.45, 7) is 0. The summed E-state index contributed by atoms with van der Waals surface area (Å²) in [4.78, 5) is 24.3. The van der Waals surface area contributed by atoms with Gasteiger partial charge in [-0.05, 0) is 48.5 Å². The first-order valence-corrected chi connectivity index (χ1v) is 10.2. The molecule has 0 unspecified atom stereocenters. The van der Waals surface area contributed by atoms with Gasteiger partial charge in [0.25, 0.3) is 5.91 Å². The Balaban J connectivity index is 1.48. The zero-order chi connectivity index (χ0) is 23.2. The summed E-state index contributed by atoms with van der Waals surface area (Å²) in [6, 6.07) is 19.2. The van der Waals surface area contributed by atoms with Crippen molar-refractivity contribution >= 4 is 45.3 Å². The summed E-state index contributed by atoms with van der Waals surface area (Å²) in [6.07, 6.45) is -4.60. The highest BCUT2D eigenvalue weighted by Crippen LogP contribution is 2.40. The highest BCUT2D eigenvalue weighted by molar-refractivity contribution is 6.33. The van der Waals surface area contributed by atoms with Crippen molar-refractivity contribution in [1.82, 2.24) is 15.0 Å². The Morgan fingerprint density at radius 2 is 1.73 bits per heavy atom. The molecule has 0 radical (unpaired) electrons. The van der Waals surface area contributed by atoms with E-state index < -0.39 is 17.6 Å². The van der Waals surface area contributed by atoms with Gasteiger partial charge in [0.2, 0.25) is 0 Å². The van der Waals surface area contributed by atoms with Crippen LogP contribution in [0.15, 0.2) is 72.8 Å². The highest BCUT2D eigenvalue weighted by atomic mass is 35.5. The van der Waals surface area contributed by atoms with Gasteiger partial charge < -0.3 is 10.3 Å². The molecule has 9 heteroatoms. The van der Waals surface area contributed by atoms with Crippen molar-refractivity contribution in [3.8, 4) is 11.4 Å². The number of hydrogen-bond donors (Lipinski definition) is 2. The van der Waals surface area contributed by atoms with Crippen LogP contribution in [0.5, 0.6) is 0 Å². The van der Waals surface area contributed by atoms with E-state index in [-0.39, 0.29) is 16.4 Å². The second-order valence-corrected chi connectivity index (χ2v) is 7.73. The fraction of sp³-hybridized carbons (Fsp3) is 0.0417. The maximum Gasteiger partial charge on any atom is 0.417 e. The Kier molecular flexibility index (Phi) is 5.02. The number of H-pyrrole nitrogens is 1. The van der Waals surface area contributed by atoms with Crippen molar-refractivity contribution in [2.24, 2.45) is 0 Å². The molecule has 0 atom stereocenters. The number of alkyl halides is 3. The molecule has 0 saturated heterocycles. The third kappa shape index (κ3) is 4.01. The molecule has 2 aromatic heterocycles.